The number of rotatable bonds is 5. The molecular formula is C17H11F2NO6S. The van der Waals surface area contributed by atoms with Gasteiger partial charge in [0, 0.05) is 0 Å². The van der Waals surface area contributed by atoms with Gasteiger partial charge in [0.05, 0.1) is 21.6 Å². The Morgan fingerprint density at radius 2 is 1.48 bits per heavy atom. The molecule has 0 fully saturated rings. The van der Waals surface area contributed by atoms with Crippen molar-refractivity contribution >= 4 is 27.6 Å². The summed E-state index contributed by atoms with van der Waals surface area (Å²) in [5, 5.41) is 0.212. The molecule has 3 rings (SSSR count). The molecule has 1 aliphatic heterocycles. The second-order valence-corrected chi connectivity index (χ2v) is 7.50. The first-order valence-corrected chi connectivity index (χ1v) is 9.17. The first-order chi connectivity index (χ1) is 12.7. The van der Waals surface area contributed by atoms with Crippen LogP contribution in [0.4, 0.5) is 8.78 Å². The molecular weight excluding hydrogens is 384 g/mol. The van der Waals surface area contributed by atoms with Gasteiger partial charge in [0.2, 0.25) is 0 Å². The van der Waals surface area contributed by atoms with E-state index in [4.69, 9.17) is 4.84 Å². The van der Waals surface area contributed by atoms with E-state index in [-0.39, 0.29) is 16.2 Å². The Kier molecular flexibility index (Phi) is 4.75. The van der Waals surface area contributed by atoms with Gasteiger partial charge in [0.1, 0.15) is 5.75 Å². The largest absolute Gasteiger partial charge is 0.365 e. The predicted molar refractivity (Wildman–Crippen MR) is 86.9 cm³/mol. The third-order valence-corrected chi connectivity index (χ3v) is 5.44. The van der Waals surface area contributed by atoms with E-state index in [2.05, 4.69) is 0 Å². The van der Waals surface area contributed by atoms with E-state index in [1.54, 1.807) is 0 Å². The molecule has 0 bridgehead atoms. The molecule has 10 heteroatoms. The van der Waals surface area contributed by atoms with Crippen LogP contribution in [0.25, 0.3) is 0 Å². The van der Waals surface area contributed by atoms with Gasteiger partial charge in [0.15, 0.2) is 9.84 Å². The molecule has 0 aromatic heterocycles. The number of imide groups is 1. The normalized spacial score (nSPS) is 13.8. The molecule has 0 aliphatic carbocycles. The van der Waals surface area contributed by atoms with E-state index in [0.29, 0.717) is 0 Å². The van der Waals surface area contributed by atoms with Crippen molar-refractivity contribution in [2.24, 2.45) is 0 Å². The van der Waals surface area contributed by atoms with Crippen molar-refractivity contribution in [3.63, 3.8) is 0 Å². The monoisotopic (exact) mass is 395 g/mol. The van der Waals surface area contributed by atoms with Gasteiger partial charge in [0.25, 0.3) is 18.2 Å². The maximum atomic E-state index is 12.5. The minimum absolute atomic E-state index is 0.0221. The number of nitrogens with zero attached hydrogens (tertiary/aromatic N) is 1. The molecule has 0 spiro atoms. The van der Waals surface area contributed by atoms with Gasteiger partial charge in [-0.05, 0) is 24.3 Å². The number of hydrogen-bond acceptors (Lipinski definition) is 6. The number of carbonyl (C=O) groups excluding carboxylic acids is 3. The maximum absolute atomic E-state index is 12.5. The molecule has 0 radical (unpaired) electrons. The summed E-state index contributed by atoms with van der Waals surface area (Å²) in [5.41, 5.74) is -0.516. The van der Waals surface area contributed by atoms with E-state index in [0.717, 1.165) is 12.1 Å². The standard InChI is InChI=1S/C17H11F2NO6S/c18-14(19)9-27(24,25)13-8-4-3-7-12(13)17(23)26-20-15(21)10-5-1-2-6-11(10)16(20)22/h1-8,14H,9H2. The fourth-order valence-electron chi connectivity index (χ4n) is 2.54. The average molecular weight is 395 g/mol. The minimum Gasteiger partial charge on any atom is -0.324 e. The van der Waals surface area contributed by atoms with Crippen LogP contribution >= 0.6 is 0 Å². The van der Waals surface area contributed by atoms with Crippen molar-refractivity contribution in [1.29, 1.82) is 0 Å². The quantitative estimate of drug-likeness (QED) is 0.719. The van der Waals surface area contributed by atoms with Gasteiger partial charge in [-0.15, -0.1) is 0 Å². The number of fused-ring (bicyclic) bond motifs is 1. The molecule has 140 valence electrons. The molecule has 0 saturated heterocycles. The van der Waals surface area contributed by atoms with Crippen molar-refractivity contribution in [3.8, 4) is 0 Å². The van der Waals surface area contributed by atoms with E-state index in [1.165, 1.54) is 36.4 Å². The van der Waals surface area contributed by atoms with Crippen molar-refractivity contribution in [2.45, 2.75) is 11.3 Å². The van der Waals surface area contributed by atoms with Crippen molar-refractivity contribution in [1.82, 2.24) is 5.06 Å². The summed E-state index contributed by atoms with van der Waals surface area (Å²) in [4.78, 5) is 40.9. The Bertz CT molecular complexity index is 1020. The predicted octanol–water partition coefficient (Wildman–Crippen LogP) is 2.09. The highest BCUT2D eigenvalue weighted by atomic mass is 32.2. The first-order valence-electron chi connectivity index (χ1n) is 7.52. The zero-order chi connectivity index (χ0) is 19.8. The Morgan fingerprint density at radius 3 is 2.04 bits per heavy atom. The summed E-state index contributed by atoms with van der Waals surface area (Å²) in [6, 6.07) is 10.3. The van der Waals surface area contributed by atoms with E-state index in [9.17, 15) is 31.6 Å². The summed E-state index contributed by atoms with van der Waals surface area (Å²) in [6.45, 7) is 0. The van der Waals surface area contributed by atoms with Crippen LogP contribution in [0, 0.1) is 0 Å². The van der Waals surface area contributed by atoms with Crippen LogP contribution in [0.2, 0.25) is 0 Å². The fraction of sp³-hybridized carbons (Fsp3) is 0.118. The molecule has 0 unspecified atom stereocenters. The second-order valence-electron chi connectivity index (χ2n) is 5.50. The summed E-state index contributed by atoms with van der Waals surface area (Å²) in [7, 11) is -4.49. The van der Waals surface area contributed by atoms with Crippen LogP contribution in [0.1, 0.15) is 31.1 Å². The Labute approximate surface area is 152 Å². The van der Waals surface area contributed by atoms with Crippen LogP contribution in [0.5, 0.6) is 0 Å². The van der Waals surface area contributed by atoms with Gasteiger partial charge in [-0.2, -0.15) is 0 Å². The van der Waals surface area contributed by atoms with Gasteiger partial charge in [-0.3, -0.25) is 9.59 Å². The highest BCUT2D eigenvalue weighted by molar-refractivity contribution is 7.91. The smallest absolute Gasteiger partial charge is 0.324 e. The van der Waals surface area contributed by atoms with Gasteiger partial charge >= 0.3 is 5.97 Å². The Hall–Kier alpha value is -3.14. The number of hydrogen-bond donors (Lipinski definition) is 0. The fourth-order valence-corrected chi connectivity index (χ4v) is 3.83. The minimum atomic E-state index is -4.49. The number of alkyl halides is 2. The topological polar surface area (TPSA) is 97.8 Å². The van der Waals surface area contributed by atoms with Gasteiger partial charge in [-0.1, -0.05) is 29.3 Å². The van der Waals surface area contributed by atoms with Crippen LogP contribution in [-0.2, 0) is 14.7 Å². The number of hydroxylamine groups is 2. The second kappa shape index (κ2) is 6.88. The number of carbonyl (C=O) groups is 3. The van der Waals surface area contributed by atoms with Crippen molar-refractivity contribution in [3.05, 3.63) is 65.2 Å². The number of halogens is 2. The lowest BCUT2D eigenvalue weighted by Crippen LogP contribution is -2.33. The lowest BCUT2D eigenvalue weighted by atomic mass is 10.1. The van der Waals surface area contributed by atoms with E-state index < -0.39 is 50.3 Å². The van der Waals surface area contributed by atoms with Crippen molar-refractivity contribution in [2.75, 3.05) is 5.75 Å². The molecule has 0 N–H and O–H groups in total. The molecule has 2 aromatic rings. The third-order valence-electron chi connectivity index (χ3n) is 3.72. The van der Waals surface area contributed by atoms with Crippen LogP contribution < -0.4 is 0 Å². The summed E-state index contributed by atoms with van der Waals surface area (Å²) in [6.07, 6.45) is -3.14. The molecule has 1 aliphatic rings. The van der Waals surface area contributed by atoms with Gasteiger partial charge < -0.3 is 4.84 Å². The molecule has 0 atom stereocenters. The van der Waals surface area contributed by atoms with Crippen LogP contribution in [0.15, 0.2) is 53.4 Å². The van der Waals surface area contributed by atoms with E-state index in [1.807, 2.05) is 0 Å². The highest BCUT2D eigenvalue weighted by Gasteiger charge is 2.39. The Morgan fingerprint density at radius 1 is 0.963 bits per heavy atom. The highest BCUT2D eigenvalue weighted by Crippen LogP contribution is 2.25. The average Bonchev–Trinajstić information content (AvgIpc) is 2.86. The zero-order valence-electron chi connectivity index (χ0n) is 13.5. The molecule has 27 heavy (non-hydrogen) atoms. The van der Waals surface area contributed by atoms with Crippen LogP contribution in [0.3, 0.4) is 0 Å². The molecule has 0 saturated carbocycles. The summed E-state index contributed by atoms with van der Waals surface area (Å²) >= 11 is 0. The summed E-state index contributed by atoms with van der Waals surface area (Å²) < 4.78 is 49.2. The number of amides is 2. The molecule has 7 nitrogen and oxygen atoms in total. The zero-order valence-corrected chi connectivity index (χ0v) is 14.3. The number of sulfone groups is 1. The summed E-state index contributed by atoms with van der Waals surface area (Å²) in [5.74, 6) is -4.60. The van der Waals surface area contributed by atoms with Gasteiger partial charge in [-0.25, -0.2) is 22.0 Å². The maximum Gasteiger partial charge on any atom is 0.365 e. The molecule has 2 aromatic carbocycles. The van der Waals surface area contributed by atoms with E-state index >= 15 is 0 Å². The molecule has 2 amide bonds. The lowest BCUT2D eigenvalue weighted by Gasteiger charge is -2.14. The first kappa shape index (κ1) is 18.6. The molecule has 1 heterocycles. The Balaban J connectivity index is 1.91. The number of benzene rings is 2. The van der Waals surface area contributed by atoms with Crippen molar-refractivity contribution < 1.29 is 36.4 Å². The SMILES string of the molecule is O=C(ON1C(=O)c2ccccc2C1=O)c1ccccc1S(=O)(=O)CC(F)F. The third kappa shape index (κ3) is 3.43. The van der Waals surface area contributed by atoms with Crippen LogP contribution in [-0.4, -0.2) is 43.4 Å². The lowest BCUT2D eigenvalue weighted by molar-refractivity contribution is -0.0587.